The van der Waals surface area contributed by atoms with E-state index in [0.29, 0.717) is 0 Å². The first-order valence-electron chi connectivity index (χ1n) is 6.22. The van der Waals surface area contributed by atoms with Crippen molar-refractivity contribution in [3.8, 4) is 0 Å². The number of nitrogens with one attached hydrogen (secondary N) is 1. The van der Waals surface area contributed by atoms with Crippen molar-refractivity contribution in [3.63, 3.8) is 0 Å². The minimum Gasteiger partial charge on any atom is -0.310 e. The van der Waals surface area contributed by atoms with Gasteiger partial charge in [-0.3, -0.25) is 0 Å². The molecule has 3 atom stereocenters. The van der Waals surface area contributed by atoms with Crippen molar-refractivity contribution < 1.29 is 0 Å². The van der Waals surface area contributed by atoms with Gasteiger partial charge in [0.2, 0.25) is 0 Å². The minimum atomic E-state index is 0.828. The van der Waals surface area contributed by atoms with Crippen LogP contribution in [0.3, 0.4) is 0 Å². The van der Waals surface area contributed by atoms with Gasteiger partial charge in [-0.05, 0) is 43.8 Å². The van der Waals surface area contributed by atoms with E-state index in [0.717, 1.165) is 18.0 Å². The smallest absolute Gasteiger partial charge is 0.0161 e. The molecule has 0 amide bonds. The van der Waals surface area contributed by atoms with E-state index in [2.05, 4.69) is 24.0 Å². The summed E-state index contributed by atoms with van der Waals surface area (Å²) in [7, 11) is 0. The van der Waals surface area contributed by atoms with Crippen LogP contribution in [0, 0.1) is 5.92 Å². The van der Waals surface area contributed by atoms with Gasteiger partial charge in [0, 0.05) is 17.8 Å². The lowest BCUT2D eigenvalue weighted by Gasteiger charge is -2.26. The maximum absolute atomic E-state index is 3.86. The first-order valence-corrected chi connectivity index (χ1v) is 7.37. The summed E-state index contributed by atoms with van der Waals surface area (Å²) in [6.45, 7) is 2.34. The normalized spacial score (nSPS) is 38.8. The van der Waals surface area contributed by atoms with E-state index in [-0.39, 0.29) is 0 Å². The summed E-state index contributed by atoms with van der Waals surface area (Å²) >= 11 is 2.13. The van der Waals surface area contributed by atoms with Crippen LogP contribution >= 0.6 is 11.8 Å². The predicted molar refractivity (Wildman–Crippen MR) is 64.9 cm³/mol. The Bertz CT molecular complexity index is 166. The third kappa shape index (κ3) is 2.90. The minimum absolute atomic E-state index is 0.828. The van der Waals surface area contributed by atoms with Crippen LogP contribution in [-0.2, 0) is 0 Å². The summed E-state index contributed by atoms with van der Waals surface area (Å²) in [5, 5.41) is 3.86. The number of hydrogen-bond donors (Lipinski definition) is 1. The molecule has 0 aromatic rings. The number of rotatable bonds is 3. The van der Waals surface area contributed by atoms with E-state index in [1.807, 2.05) is 0 Å². The van der Waals surface area contributed by atoms with Gasteiger partial charge in [-0.2, -0.15) is 11.8 Å². The lowest BCUT2D eigenvalue weighted by molar-refractivity contribution is 0.414. The summed E-state index contributed by atoms with van der Waals surface area (Å²) in [5.74, 6) is 3.76. The molecule has 0 aromatic carbocycles. The topological polar surface area (TPSA) is 12.0 Å². The zero-order chi connectivity index (χ0) is 9.80. The van der Waals surface area contributed by atoms with E-state index >= 15 is 0 Å². The van der Waals surface area contributed by atoms with Gasteiger partial charge < -0.3 is 5.32 Å². The average Bonchev–Trinajstić information content (AvgIpc) is 2.67. The molecule has 1 nitrogen and oxygen atoms in total. The second-order valence-corrected chi connectivity index (χ2v) is 6.01. The molecular weight excluding hydrogens is 190 g/mol. The first kappa shape index (κ1) is 10.8. The molecule has 1 N–H and O–H groups in total. The highest BCUT2D eigenvalue weighted by molar-refractivity contribution is 7.99. The average molecular weight is 213 g/mol. The SMILES string of the molecule is CCC1CCC(NC2CCCSC2)C1. The summed E-state index contributed by atoms with van der Waals surface area (Å²) in [4.78, 5) is 0. The Morgan fingerprint density at radius 2 is 2.14 bits per heavy atom. The highest BCUT2D eigenvalue weighted by Crippen LogP contribution is 2.29. The molecule has 2 heteroatoms. The largest absolute Gasteiger partial charge is 0.310 e. The van der Waals surface area contributed by atoms with Gasteiger partial charge in [0.15, 0.2) is 0 Å². The summed E-state index contributed by atoms with van der Waals surface area (Å²) in [6, 6.07) is 1.68. The fourth-order valence-corrected chi connectivity index (χ4v) is 3.89. The van der Waals surface area contributed by atoms with Crippen molar-refractivity contribution in [1.82, 2.24) is 5.32 Å². The van der Waals surface area contributed by atoms with Crippen molar-refractivity contribution in [2.24, 2.45) is 5.92 Å². The van der Waals surface area contributed by atoms with Crippen LogP contribution < -0.4 is 5.32 Å². The maximum Gasteiger partial charge on any atom is 0.0161 e. The monoisotopic (exact) mass is 213 g/mol. The molecule has 0 bridgehead atoms. The van der Waals surface area contributed by atoms with Crippen LogP contribution in [-0.4, -0.2) is 23.6 Å². The van der Waals surface area contributed by atoms with E-state index in [9.17, 15) is 0 Å². The number of hydrogen-bond acceptors (Lipinski definition) is 2. The Morgan fingerprint density at radius 1 is 1.21 bits per heavy atom. The van der Waals surface area contributed by atoms with Crippen molar-refractivity contribution >= 4 is 11.8 Å². The Labute approximate surface area is 92.4 Å². The third-order valence-corrected chi connectivity index (χ3v) is 4.97. The van der Waals surface area contributed by atoms with Crippen LogP contribution in [0.5, 0.6) is 0 Å². The van der Waals surface area contributed by atoms with E-state index in [1.165, 1.54) is 50.0 Å². The van der Waals surface area contributed by atoms with Crippen LogP contribution in [0.4, 0.5) is 0 Å². The Hall–Kier alpha value is 0.310. The zero-order valence-corrected chi connectivity index (χ0v) is 10.1. The molecule has 2 rings (SSSR count). The highest BCUT2D eigenvalue weighted by atomic mass is 32.2. The van der Waals surface area contributed by atoms with E-state index in [4.69, 9.17) is 0 Å². The Morgan fingerprint density at radius 3 is 2.79 bits per heavy atom. The highest BCUT2D eigenvalue weighted by Gasteiger charge is 2.25. The molecule has 2 fully saturated rings. The van der Waals surface area contributed by atoms with Crippen LogP contribution in [0.1, 0.15) is 45.4 Å². The van der Waals surface area contributed by atoms with Crippen molar-refractivity contribution in [2.75, 3.05) is 11.5 Å². The molecule has 82 valence electrons. The standard InChI is InChI=1S/C12H23NS/c1-2-10-5-6-11(8-10)13-12-4-3-7-14-9-12/h10-13H,2-9H2,1H3. The van der Waals surface area contributed by atoms with E-state index in [1.54, 1.807) is 0 Å². The van der Waals surface area contributed by atoms with Gasteiger partial charge in [-0.15, -0.1) is 0 Å². The van der Waals surface area contributed by atoms with Gasteiger partial charge in [0.25, 0.3) is 0 Å². The molecule has 1 saturated heterocycles. The first-order chi connectivity index (χ1) is 6.88. The summed E-state index contributed by atoms with van der Waals surface area (Å²) in [6.07, 6.45) is 8.56. The van der Waals surface area contributed by atoms with Gasteiger partial charge in [0.1, 0.15) is 0 Å². The quantitative estimate of drug-likeness (QED) is 0.773. The van der Waals surface area contributed by atoms with Crippen molar-refractivity contribution in [3.05, 3.63) is 0 Å². The van der Waals surface area contributed by atoms with E-state index < -0.39 is 0 Å². The molecule has 2 aliphatic rings. The van der Waals surface area contributed by atoms with Crippen molar-refractivity contribution in [1.29, 1.82) is 0 Å². The second-order valence-electron chi connectivity index (χ2n) is 4.86. The molecule has 3 unspecified atom stereocenters. The molecule has 1 heterocycles. The van der Waals surface area contributed by atoms with Crippen LogP contribution in [0.25, 0.3) is 0 Å². The molecule has 0 radical (unpaired) electrons. The molecular formula is C12H23NS. The number of thioether (sulfide) groups is 1. The van der Waals surface area contributed by atoms with Gasteiger partial charge in [-0.25, -0.2) is 0 Å². The van der Waals surface area contributed by atoms with Crippen LogP contribution in [0.15, 0.2) is 0 Å². The second kappa shape index (κ2) is 5.41. The lowest BCUT2D eigenvalue weighted by atomic mass is 10.1. The van der Waals surface area contributed by atoms with Crippen LogP contribution in [0.2, 0.25) is 0 Å². The maximum atomic E-state index is 3.86. The predicted octanol–water partition coefficient (Wildman–Crippen LogP) is 3.05. The van der Waals surface area contributed by atoms with Gasteiger partial charge in [-0.1, -0.05) is 13.3 Å². The Kier molecular flexibility index (Phi) is 4.18. The lowest BCUT2D eigenvalue weighted by Crippen LogP contribution is -2.40. The molecule has 1 aliphatic carbocycles. The zero-order valence-electron chi connectivity index (χ0n) is 9.30. The molecule has 1 saturated carbocycles. The molecule has 1 aliphatic heterocycles. The van der Waals surface area contributed by atoms with Gasteiger partial charge in [0.05, 0.1) is 0 Å². The van der Waals surface area contributed by atoms with Gasteiger partial charge >= 0.3 is 0 Å². The van der Waals surface area contributed by atoms with Crippen molar-refractivity contribution in [2.45, 2.75) is 57.5 Å². The fraction of sp³-hybridized carbons (Fsp3) is 1.00. The molecule has 14 heavy (non-hydrogen) atoms. The Balaban J connectivity index is 1.69. The third-order valence-electron chi connectivity index (χ3n) is 3.75. The summed E-state index contributed by atoms with van der Waals surface area (Å²) < 4.78 is 0. The molecule has 0 aromatic heterocycles. The summed E-state index contributed by atoms with van der Waals surface area (Å²) in [5.41, 5.74) is 0. The fourth-order valence-electron chi connectivity index (χ4n) is 2.80. The molecule has 0 spiro atoms.